The number of ketones is 1. The van der Waals surface area contributed by atoms with Crippen molar-refractivity contribution in [2.24, 2.45) is 0 Å². The van der Waals surface area contributed by atoms with Crippen molar-refractivity contribution in [3.63, 3.8) is 0 Å². The maximum absolute atomic E-state index is 12.5. The molecule has 0 N–H and O–H groups in total. The highest BCUT2D eigenvalue weighted by atomic mass is 35.5. The Balaban J connectivity index is 1.91. The summed E-state index contributed by atoms with van der Waals surface area (Å²) in [7, 11) is 3.15. The summed E-state index contributed by atoms with van der Waals surface area (Å²) >= 11 is 12.2. The monoisotopic (exact) mass is 377 g/mol. The molecule has 2 aromatic carbocycles. The van der Waals surface area contributed by atoms with E-state index in [-0.39, 0.29) is 17.3 Å². The van der Waals surface area contributed by atoms with E-state index in [1.54, 1.807) is 38.4 Å². The highest BCUT2D eigenvalue weighted by Gasteiger charge is 2.28. The molecule has 0 fully saturated rings. The third-order valence-electron chi connectivity index (χ3n) is 3.49. The highest BCUT2D eigenvalue weighted by molar-refractivity contribution is 6.37. The number of benzene rings is 2. The van der Waals surface area contributed by atoms with E-state index in [1.165, 1.54) is 23.1 Å². The Morgan fingerprint density at radius 2 is 1.84 bits per heavy atom. The van der Waals surface area contributed by atoms with Gasteiger partial charge >= 0.3 is 6.09 Å². The number of Topliss-reactive ketones (excluding diaryl/α,β-unsaturated/α-hetero) is 1. The van der Waals surface area contributed by atoms with Gasteiger partial charge in [0.1, 0.15) is 11.5 Å². The van der Waals surface area contributed by atoms with Crippen LogP contribution in [0.4, 0.5) is 4.79 Å². The predicted octanol–water partition coefficient (Wildman–Crippen LogP) is 4.67. The SMILES string of the molecule is CN(C)C(=O)Oc1ccc2c(c1)O/C(=C\c1c(Cl)cccc1Cl)C2=O. The van der Waals surface area contributed by atoms with Crippen LogP contribution in [-0.4, -0.2) is 30.9 Å². The Morgan fingerprint density at radius 1 is 1.16 bits per heavy atom. The van der Waals surface area contributed by atoms with E-state index < -0.39 is 6.09 Å². The summed E-state index contributed by atoms with van der Waals surface area (Å²) in [4.78, 5) is 25.4. The van der Waals surface area contributed by atoms with Gasteiger partial charge in [-0.15, -0.1) is 0 Å². The molecule has 0 aromatic heterocycles. The zero-order chi connectivity index (χ0) is 18.1. The zero-order valence-corrected chi connectivity index (χ0v) is 14.9. The summed E-state index contributed by atoms with van der Waals surface area (Å²) in [5, 5.41) is 0.820. The molecule has 2 aromatic rings. The Kier molecular flexibility index (Phi) is 4.70. The molecular formula is C18H13Cl2NO4. The van der Waals surface area contributed by atoms with E-state index in [2.05, 4.69) is 0 Å². The summed E-state index contributed by atoms with van der Waals surface area (Å²) in [5.41, 5.74) is 0.875. The summed E-state index contributed by atoms with van der Waals surface area (Å²) in [6, 6.07) is 9.63. The van der Waals surface area contributed by atoms with Crippen LogP contribution >= 0.6 is 23.2 Å². The molecule has 0 bridgehead atoms. The molecule has 1 heterocycles. The van der Waals surface area contributed by atoms with Crippen molar-refractivity contribution < 1.29 is 19.1 Å². The van der Waals surface area contributed by atoms with Gasteiger partial charge in [0, 0.05) is 35.8 Å². The van der Waals surface area contributed by atoms with Crippen molar-refractivity contribution in [3.8, 4) is 11.5 Å². The van der Waals surface area contributed by atoms with E-state index in [1.807, 2.05) is 0 Å². The number of hydrogen-bond donors (Lipinski definition) is 0. The molecule has 0 saturated carbocycles. The van der Waals surface area contributed by atoms with Crippen molar-refractivity contribution in [2.45, 2.75) is 0 Å². The molecule has 0 aliphatic carbocycles. The van der Waals surface area contributed by atoms with Crippen molar-refractivity contribution >= 4 is 41.2 Å². The normalized spacial score (nSPS) is 14.2. The Labute approximate surface area is 154 Å². The summed E-state index contributed by atoms with van der Waals surface area (Å²) < 4.78 is 10.8. The van der Waals surface area contributed by atoms with Crippen molar-refractivity contribution in [1.29, 1.82) is 0 Å². The van der Waals surface area contributed by atoms with Crippen molar-refractivity contribution in [2.75, 3.05) is 14.1 Å². The van der Waals surface area contributed by atoms with Gasteiger partial charge in [-0.05, 0) is 30.3 Å². The first-order valence-electron chi connectivity index (χ1n) is 7.28. The number of carbonyl (C=O) groups is 2. The molecule has 0 atom stereocenters. The molecule has 25 heavy (non-hydrogen) atoms. The lowest BCUT2D eigenvalue weighted by Gasteiger charge is -2.10. The largest absolute Gasteiger partial charge is 0.452 e. The van der Waals surface area contributed by atoms with Crippen LogP contribution in [-0.2, 0) is 0 Å². The number of allylic oxidation sites excluding steroid dienone is 1. The van der Waals surface area contributed by atoms with Gasteiger partial charge in [0.05, 0.1) is 5.56 Å². The van der Waals surface area contributed by atoms with Crippen LogP contribution in [0.2, 0.25) is 10.0 Å². The number of rotatable bonds is 2. The first kappa shape index (κ1) is 17.3. The molecular weight excluding hydrogens is 365 g/mol. The summed E-state index contributed by atoms with van der Waals surface area (Å²) in [5.74, 6) is 0.392. The summed E-state index contributed by atoms with van der Waals surface area (Å²) in [6.45, 7) is 0. The Morgan fingerprint density at radius 3 is 2.48 bits per heavy atom. The van der Waals surface area contributed by atoms with Crippen molar-refractivity contribution in [3.05, 3.63) is 63.3 Å². The molecule has 128 valence electrons. The van der Waals surface area contributed by atoms with E-state index >= 15 is 0 Å². The molecule has 1 amide bonds. The van der Waals surface area contributed by atoms with E-state index in [0.717, 1.165) is 0 Å². The second kappa shape index (κ2) is 6.78. The fraction of sp³-hybridized carbons (Fsp3) is 0.111. The second-order valence-corrected chi connectivity index (χ2v) is 6.31. The molecule has 0 spiro atoms. The minimum absolute atomic E-state index is 0.0982. The number of hydrogen-bond acceptors (Lipinski definition) is 4. The molecule has 5 nitrogen and oxygen atoms in total. The minimum Gasteiger partial charge on any atom is -0.452 e. The van der Waals surface area contributed by atoms with Gasteiger partial charge in [0.15, 0.2) is 5.76 Å². The number of nitrogens with zero attached hydrogens (tertiary/aromatic N) is 1. The standard InChI is InChI=1S/C18H13Cl2NO4/c1-21(2)18(23)24-10-6-7-11-15(8-10)25-16(17(11)22)9-12-13(19)4-3-5-14(12)20/h3-9H,1-2H3/b16-9-. The van der Waals surface area contributed by atoms with E-state index in [0.29, 0.717) is 26.9 Å². The number of halogens is 2. The molecule has 1 aliphatic heterocycles. The number of carbonyl (C=O) groups excluding carboxylic acids is 2. The second-order valence-electron chi connectivity index (χ2n) is 5.50. The number of amides is 1. The lowest BCUT2D eigenvalue weighted by atomic mass is 10.1. The third kappa shape index (κ3) is 3.48. The van der Waals surface area contributed by atoms with E-state index in [9.17, 15) is 9.59 Å². The van der Waals surface area contributed by atoms with Crippen LogP contribution < -0.4 is 9.47 Å². The van der Waals surface area contributed by atoms with Gasteiger partial charge in [-0.3, -0.25) is 4.79 Å². The summed E-state index contributed by atoms with van der Waals surface area (Å²) in [6.07, 6.45) is 0.973. The quantitative estimate of drug-likeness (QED) is 0.713. The number of fused-ring (bicyclic) bond motifs is 1. The Hall–Kier alpha value is -2.50. The lowest BCUT2D eigenvalue weighted by molar-refractivity contribution is 0.101. The van der Waals surface area contributed by atoms with Gasteiger partial charge in [-0.25, -0.2) is 4.79 Å². The van der Waals surface area contributed by atoms with Gasteiger partial charge in [0.2, 0.25) is 5.78 Å². The van der Waals surface area contributed by atoms with Crippen LogP contribution in [0.15, 0.2) is 42.2 Å². The Bertz CT molecular complexity index is 886. The smallest absolute Gasteiger partial charge is 0.414 e. The van der Waals surface area contributed by atoms with Crippen LogP contribution in [0.25, 0.3) is 6.08 Å². The molecule has 7 heteroatoms. The molecule has 3 rings (SSSR count). The number of ether oxygens (including phenoxy) is 2. The average Bonchev–Trinajstić information content (AvgIpc) is 2.86. The molecule has 0 saturated heterocycles. The molecule has 0 unspecified atom stereocenters. The molecule has 1 aliphatic rings. The lowest BCUT2D eigenvalue weighted by Crippen LogP contribution is -2.25. The van der Waals surface area contributed by atoms with Gasteiger partial charge < -0.3 is 14.4 Å². The highest BCUT2D eigenvalue weighted by Crippen LogP contribution is 2.36. The molecule has 0 radical (unpaired) electrons. The maximum atomic E-state index is 12.5. The zero-order valence-electron chi connectivity index (χ0n) is 13.4. The van der Waals surface area contributed by atoms with Gasteiger partial charge in [0.25, 0.3) is 0 Å². The van der Waals surface area contributed by atoms with E-state index in [4.69, 9.17) is 32.7 Å². The fourth-order valence-electron chi connectivity index (χ4n) is 2.20. The topological polar surface area (TPSA) is 55.8 Å². The van der Waals surface area contributed by atoms with Gasteiger partial charge in [-0.1, -0.05) is 29.3 Å². The first-order chi connectivity index (χ1) is 11.9. The van der Waals surface area contributed by atoms with Crippen LogP contribution in [0.5, 0.6) is 11.5 Å². The van der Waals surface area contributed by atoms with Crippen LogP contribution in [0.1, 0.15) is 15.9 Å². The minimum atomic E-state index is -0.525. The third-order valence-corrected chi connectivity index (χ3v) is 4.15. The average molecular weight is 378 g/mol. The predicted molar refractivity (Wildman–Crippen MR) is 95.6 cm³/mol. The van der Waals surface area contributed by atoms with Crippen LogP contribution in [0, 0.1) is 0 Å². The van der Waals surface area contributed by atoms with Crippen LogP contribution in [0.3, 0.4) is 0 Å². The van der Waals surface area contributed by atoms with Crippen molar-refractivity contribution in [1.82, 2.24) is 4.90 Å². The first-order valence-corrected chi connectivity index (χ1v) is 8.04. The van der Waals surface area contributed by atoms with Gasteiger partial charge in [-0.2, -0.15) is 0 Å². The maximum Gasteiger partial charge on any atom is 0.414 e. The fourth-order valence-corrected chi connectivity index (χ4v) is 2.71.